The zero-order chi connectivity index (χ0) is 10.4. The molecular formula is C11H11F2N. The molecule has 0 aliphatic rings. The van der Waals surface area contributed by atoms with Crippen molar-refractivity contribution < 1.29 is 8.78 Å². The van der Waals surface area contributed by atoms with E-state index in [1.807, 2.05) is 6.92 Å². The van der Waals surface area contributed by atoms with Crippen molar-refractivity contribution in [2.75, 3.05) is 13.1 Å². The molecule has 14 heavy (non-hydrogen) atoms. The minimum atomic E-state index is -0.861. The van der Waals surface area contributed by atoms with Gasteiger partial charge in [0, 0.05) is 5.56 Å². The molecule has 0 heterocycles. The first-order valence-corrected chi connectivity index (χ1v) is 4.38. The smallest absolute Gasteiger partial charge is 0.160 e. The zero-order valence-corrected chi connectivity index (χ0v) is 7.90. The van der Waals surface area contributed by atoms with Crippen LogP contribution in [0.5, 0.6) is 0 Å². The fourth-order valence-corrected chi connectivity index (χ4v) is 0.908. The predicted molar refractivity (Wildman–Crippen MR) is 51.8 cm³/mol. The van der Waals surface area contributed by atoms with Crippen molar-refractivity contribution in [1.29, 1.82) is 0 Å². The number of halogens is 2. The van der Waals surface area contributed by atoms with Crippen molar-refractivity contribution in [2.24, 2.45) is 0 Å². The standard InChI is InChI=1S/C11H11F2N/c1-2-14-7-3-4-9-5-6-10(12)11(13)8-9/h5-6,8,14H,2,7H2,1H3. The van der Waals surface area contributed by atoms with Gasteiger partial charge >= 0.3 is 0 Å². The highest BCUT2D eigenvalue weighted by Crippen LogP contribution is 2.06. The Kier molecular flexibility index (Phi) is 4.09. The summed E-state index contributed by atoms with van der Waals surface area (Å²) in [7, 11) is 0. The molecule has 1 aromatic carbocycles. The summed E-state index contributed by atoms with van der Waals surface area (Å²) in [6, 6.07) is 3.62. The minimum absolute atomic E-state index is 0.488. The molecule has 1 rings (SSSR count). The van der Waals surface area contributed by atoms with Gasteiger partial charge in [0.2, 0.25) is 0 Å². The van der Waals surface area contributed by atoms with Crippen molar-refractivity contribution in [3.63, 3.8) is 0 Å². The molecule has 74 valence electrons. The molecular weight excluding hydrogens is 184 g/mol. The normalized spacial score (nSPS) is 9.36. The lowest BCUT2D eigenvalue weighted by Gasteiger charge is -1.93. The predicted octanol–water partition coefficient (Wildman–Crippen LogP) is 1.93. The molecule has 0 amide bonds. The summed E-state index contributed by atoms with van der Waals surface area (Å²) in [6.45, 7) is 3.36. The second-order valence-electron chi connectivity index (χ2n) is 2.71. The molecule has 1 nitrogen and oxygen atoms in total. The Labute approximate surface area is 82.1 Å². The van der Waals surface area contributed by atoms with Gasteiger partial charge in [-0.2, -0.15) is 0 Å². The molecule has 0 bridgehead atoms. The van der Waals surface area contributed by atoms with Crippen molar-refractivity contribution in [2.45, 2.75) is 6.92 Å². The summed E-state index contributed by atoms with van der Waals surface area (Å²) < 4.78 is 25.2. The molecule has 0 saturated heterocycles. The SMILES string of the molecule is CCNCC#Cc1ccc(F)c(F)c1. The van der Waals surface area contributed by atoms with Crippen LogP contribution in [0.2, 0.25) is 0 Å². The number of hydrogen-bond donors (Lipinski definition) is 1. The van der Waals surface area contributed by atoms with Gasteiger partial charge in [0.15, 0.2) is 11.6 Å². The molecule has 0 aromatic heterocycles. The second kappa shape index (κ2) is 5.36. The van der Waals surface area contributed by atoms with Crippen molar-refractivity contribution >= 4 is 0 Å². The highest BCUT2D eigenvalue weighted by molar-refractivity contribution is 5.34. The Hall–Kier alpha value is -1.40. The van der Waals surface area contributed by atoms with Crippen LogP contribution in [0.3, 0.4) is 0 Å². The lowest BCUT2D eigenvalue weighted by atomic mass is 10.2. The average Bonchev–Trinajstić information content (AvgIpc) is 2.18. The Balaban J connectivity index is 2.66. The maximum atomic E-state index is 12.7. The molecule has 1 aromatic rings. The van der Waals surface area contributed by atoms with Gasteiger partial charge in [-0.25, -0.2) is 8.78 Å². The van der Waals surface area contributed by atoms with E-state index in [1.165, 1.54) is 6.07 Å². The van der Waals surface area contributed by atoms with Crippen molar-refractivity contribution in [3.05, 3.63) is 35.4 Å². The summed E-state index contributed by atoms with van der Waals surface area (Å²) in [5, 5.41) is 3.00. The number of nitrogens with one attached hydrogen (secondary N) is 1. The second-order valence-corrected chi connectivity index (χ2v) is 2.71. The molecule has 0 aliphatic heterocycles. The van der Waals surface area contributed by atoms with Gasteiger partial charge in [-0.15, -0.1) is 0 Å². The maximum Gasteiger partial charge on any atom is 0.160 e. The first-order chi connectivity index (χ1) is 6.74. The molecule has 0 atom stereocenters. The van der Waals surface area contributed by atoms with E-state index >= 15 is 0 Å². The van der Waals surface area contributed by atoms with Gasteiger partial charge in [0.05, 0.1) is 6.54 Å². The summed E-state index contributed by atoms with van der Waals surface area (Å²) in [4.78, 5) is 0. The van der Waals surface area contributed by atoms with Crippen LogP contribution in [0, 0.1) is 23.5 Å². The number of benzene rings is 1. The van der Waals surface area contributed by atoms with E-state index in [4.69, 9.17) is 0 Å². The van der Waals surface area contributed by atoms with E-state index in [-0.39, 0.29) is 0 Å². The van der Waals surface area contributed by atoms with Gasteiger partial charge in [-0.1, -0.05) is 18.8 Å². The van der Waals surface area contributed by atoms with E-state index in [0.29, 0.717) is 12.1 Å². The van der Waals surface area contributed by atoms with Crippen LogP contribution in [0.1, 0.15) is 12.5 Å². The van der Waals surface area contributed by atoms with Gasteiger partial charge in [-0.05, 0) is 24.7 Å². The minimum Gasteiger partial charge on any atom is -0.306 e. The van der Waals surface area contributed by atoms with E-state index in [2.05, 4.69) is 17.2 Å². The topological polar surface area (TPSA) is 12.0 Å². The molecule has 0 fully saturated rings. The fraction of sp³-hybridized carbons (Fsp3) is 0.273. The number of hydrogen-bond acceptors (Lipinski definition) is 1. The van der Waals surface area contributed by atoms with E-state index in [9.17, 15) is 8.78 Å². The monoisotopic (exact) mass is 195 g/mol. The van der Waals surface area contributed by atoms with Crippen LogP contribution in [-0.2, 0) is 0 Å². The zero-order valence-electron chi connectivity index (χ0n) is 7.90. The Bertz CT molecular complexity index is 363. The third kappa shape index (κ3) is 3.15. The Morgan fingerprint density at radius 3 is 2.71 bits per heavy atom. The average molecular weight is 195 g/mol. The largest absolute Gasteiger partial charge is 0.306 e. The van der Waals surface area contributed by atoms with Gasteiger partial charge in [0.25, 0.3) is 0 Å². The van der Waals surface area contributed by atoms with Gasteiger partial charge in [0.1, 0.15) is 0 Å². The maximum absolute atomic E-state index is 12.7. The van der Waals surface area contributed by atoms with Gasteiger partial charge < -0.3 is 5.32 Å². The third-order valence-electron chi connectivity index (χ3n) is 1.62. The molecule has 0 aliphatic carbocycles. The lowest BCUT2D eigenvalue weighted by Crippen LogP contribution is -2.11. The number of rotatable bonds is 2. The molecule has 0 radical (unpaired) electrons. The highest BCUT2D eigenvalue weighted by Gasteiger charge is 1.99. The molecule has 1 N–H and O–H groups in total. The summed E-state index contributed by atoms with van der Waals surface area (Å²) in [5.74, 6) is 3.82. The van der Waals surface area contributed by atoms with E-state index in [1.54, 1.807) is 0 Å². The molecule has 3 heteroatoms. The van der Waals surface area contributed by atoms with Crippen molar-refractivity contribution in [1.82, 2.24) is 5.32 Å². The van der Waals surface area contributed by atoms with Crippen LogP contribution < -0.4 is 5.32 Å². The molecule has 0 unspecified atom stereocenters. The van der Waals surface area contributed by atoms with Crippen molar-refractivity contribution in [3.8, 4) is 11.8 Å². The summed E-state index contributed by atoms with van der Waals surface area (Å²) in [6.07, 6.45) is 0. The van der Waals surface area contributed by atoms with E-state index < -0.39 is 11.6 Å². The summed E-state index contributed by atoms with van der Waals surface area (Å²) in [5.41, 5.74) is 0.488. The van der Waals surface area contributed by atoms with Crippen LogP contribution in [0.4, 0.5) is 8.78 Å². The summed E-state index contributed by atoms with van der Waals surface area (Å²) >= 11 is 0. The van der Waals surface area contributed by atoms with Crippen LogP contribution in [0.15, 0.2) is 18.2 Å². The van der Waals surface area contributed by atoms with Crippen LogP contribution in [-0.4, -0.2) is 13.1 Å². The first kappa shape index (κ1) is 10.7. The van der Waals surface area contributed by atoms with Gasteiger partial charge in [-0.3, -0.25) is 0 Å². The molecule has 0 spiro atoms. The Morgan fingerprint density at radius 1 is 1.29 bits per heavy atom. The quantitative estimate of drug-likeness (QED) is 0.561. The highest BCUT2D eigenvalue weighted by atomic mass is 19.2. The van der Waals surface area contributed by atoms with Crippen LogP contribution >= 0.6 is 0 Å². The molecule has 0 saturated carbocycles. The fourth-order valence-electron chi connectivity index (χ4n) is 0.908. The Morgan fingerprint density at radius 2 is 2.07 bits per heavy atom. The third-order valence-corrected chi connectivity index (χ3v) is 1.62. The van der Waals surface area contributed by atoms with Crippen LogP contribution in [0.25, 0.3) is 0 Å². The van der Waals surface area contributed by atoms with E-state index in [0.717, 1.165) is 18.7 Å². The lowest BCUT2D eigenvalue weighted by molar-refractivity contribution is 0.508. The first-order valence-electron chi connectivity index (χ1n) is 4.38.